The van der Waals surface area contributed by atoms with Crippen molar-refractivity contribution in [3.8, 4) is 0 Å². The number of nitro groups is 1. The topological polar surface area (TPSA) is 87.0 Å². The van der Waals surface area contributed by atoms with Gasteiger partial charge in [-0.3, -0.25) is 19.7 Å². The number of hydrazine groups is 1. The Bertz CT molecular complexity index is 1010. The largest absolute Gasteiger partial charge is 0.274 e. The molecule has 2 amide bonds. The number of anilines is 1. The summed E-state index contributed by atoms with van der Waals surface area (Å²) in [5.74, 6) is -1.02. The van der Waals surface area contributed by atoms with E-state index in [1.54, 1.807) is 0 Å². The van der Waals surface area contributed by atoms with Gasteiger partial charge in [-0.05, 0) is 36.2 Å². The number of hydrogen-bond donors (Lipinski definition) is 0. The van der Waals surface area contributed by atoms with Gasteiger partial charge in [-0.15, -0.1) is 0 Å². The summed E-state index contributed by atoms with van der Waals surface area (Å²) in [6, 6.07) is 12.7. The zero-order valence-corrected chi connectivity index (χ0v) is 16.9. The van der Waals surface area contributed by atoms with Crippen molar-refractivity contribution >= 4 is 39.1 Å². The Hall–Kier alpha value is -2.62. The number of benzene rings is 2. The molecule has 3 saturated heterocycles. The minimum Gasteiger partial charge on any atom is -0.274 e. The van der Waals surface area contributed by atoms with E-state index in [1.165, 1.54) is 29.2 Å². The molecule has 0 aliphatic carbocycles. The van der Waals surface area contributed by atoms with Gasteiger partial charge in [0.05, 0.1) is 22.6 Å². The molecule has 0 unspecified atom stereocenters. The molecule has 0 saturated carbocycles. The van der Waals surface area contributed by atoms with Crippen LogP contribution in [0.4, 0.5) is 11.4 Å². The highest BCUT2D eigenvalue weighted by Crippen LogP contribution is 2.49. The van der Waals surface area contributed by atoms with E-state index < -0.39 is 16.9 Å². The maximum atomic E-state index is 13.4. The Labute approximate surface area is 174 Å². The average Bonchev–Trinajstić information content (AvgIpc) is 3.35. The summed E-state index contributed by atoms with van der Waals surface area (Å²) in [4.78, 5) is 38.3. The van der Waals surface area contributed by atoms with E-state index in [-0.39, 0.29) is 23.5 Å². The quantitative estimate of drug-likeness (QED) is 0.400. The van der Waals surface area contributed by atoms with Crippen molar-refractivity contribution in [3.05, 3.63) is 68.7 Å². The number of nitro benzene ring substituents is 1. The van der Waals surface area contributed by atoms with Crippen molar-refractivity contribution in [3.63, 3.8) is 0 Å². The number of imide groups is 1. The van der Waals surface area contributed by atoms with Gasteiger partial charge in [0.1, 0.15) is 6.04 Å². The molecule has 2 aromatic rings. The minimum atomic E-state index is -0.533. The zero-order valence-electron chi connectivity index (χ0n) is 15.3. The number of fused-ring (bicyclic) bond motifs is 3. The van der Waals surface area contributed by atoms with Gasteiger partial charge in [-0.2, -0.15) is 0 Å². The highest BCUT2D eigenvalue weighted by atomic mass is 79.9. The first kappa shape index (κ1) is 18.4. The third-order valence-corrected chi connectivity index (χ3v) is 6.46. The fourth-order valence-corrected chi connectivity index (χ4v) is 5.02. The summed E-state index contributed by atoms with van der Waals surface area (Å²) in [5, 5.41) is 15.1. The molecule has 9 heteroatoms. The molecule has 29 heavy (non-hydrogen) atoms. The predicted octanol–water partition coefficient (Wildman–Crippen LogP) is 2.89. The fraction of sp³-hybridized carbons (Fsp3) is 0.300. The first-order valence-electron chi connectivity index (χ1n) is 9.38. The molecular weight excluding hydrogens is 440 g/mol. The predicted molar refractivity (Wildman–Crippen MR) is 108 cm³/mol. The van der Waals surface area contributed by atoms with E-state index in [2.05, 4.69) is 20.9 Å². The average molecular weight is 457 g/mol. The lowest BCUT2D eigenvalue weighted by molar-refractivity contribution is -0.384. The summed E-state index contributed by atoms with van der Waals surface area (Å²) in [6.45, 7) is 1.55. The molecule has 3 heterocycles. The highest BCUT2D eigenvalue weighted by Gasteiger charge is 2.62. The highest BCUT2D eigenvalue weighted by molar-refractivity contribution is 9.10. The first-order valence-corrected chi connectivity index (χ1v) is 10.2. The van der Waals surface area contributed by atoms with Crippen LogP contribution in [0.3, 0.4) is 0 Å². The molecule has 3 aliphatic heterocycles. The molecule has 0 N–H and O–H groups in total. The Balaban J connectivity index is 1.54. The second-order valence-corrected chi connectivity index (χ2v) is 8.35. The van der Waals surface area contributed by atoms with Gasteiger partial charge in [-0.1, -0.05) is 28.1 Å². The summed E-state index contributed by atoms with van der Waals surface area (Å²) in [6.07, 6.45) is 0.940. The van der Waals surface area contributed by atoms with Gasteiger partial charge >= 0.3 is 0 Å². The zero-order chi connectivity index (χ0) is 20.3. The van der Waals surface area contributed by atoms with Crippen LogP contribution in [0.2, 0.25) is 0 Å². The maximum absolute atomic E-state index is 13.4. The fourth-order valence-electron chi connectivity index (χ4n) is 4.75. The number of hydrogen-bond acceptors (Lipinski definition) is 6. The van der Waals surface area contributed by atoms with Gasteiger partial charge in [0.2, 0.25) is 5.91 Å². The lowest BCUT2D eigenvalue weighted by atomic mass is 9.90. The molecule has 8 nitrogen and oxygen atoms in total. The van der Waals surface area contributed by atoms with E-state index in [0.29, 0.717) is 5.69 Å². The summed E-state index contributed by atoms with van der Waals surface area (Å²) >= 11 is 3.44. The van der Waals surface area contributed by atoms with Crippen LogP contribution in [0.15, 0.2) is 53.0 Å². The van der Waals surface area contributed by atoms with Gasteiger partial charge in [0.25, 0.3) is 11.6 Å². The van der Waals surface area contributed by atoms with E-state index in [0.717, 1.165) is 29.5 Å². The third kappa shape index (κ3) is 2.72. The molecule has 0 aromatic heterocycles. The molecule has 148 valence electrons. The van der Waals surface area contributed by atoms with Crippen molar-refractivity contribution in [2.45, 2.75) is 18.5 Å². The lowest BCUT2D eigenvalue weighted by Crippen LogP contribution is -2.44. The molecular formula is C20H17BrN4O4. The number of rotatable bonds is 3. The van der Waals surface area contributed by atoms with Crippen LogP contribution in [-0.2, 0) is 9.59 Å². The monoisotopic (exact) mass is 456 g/mol. The molecule has 0 spiro atoms. The van der Waals surface area contributed by atoms with Crippen molar-refractivity contribution < 1.29 is 14.5 Å². The number of non-ortho nitro benzene ring substituents is 1. The molecule has 3 fully saturated rings. The Morgan fingerprint density at radius 1 is 0.897 bits per heavy atom. The lowest BCUT2D eigenvalue weighted by Gasteiger charge is -2.29. The molecule has 2 aromatic carbocycles. The van der Waals surface area contributed by atoms with Crippen molar-refractivity contribution in [1.82, 2.24) is 10.0 Å². The van der Waals surface area contributed by atoms with E-state index in [4.69, 9.17) is 0 Å². The number of carbonyl (C=O) groups is 2. The van der Waals surface area contributed by atoms with Crippen molar-refractivity contribution in [2.24, 2.45) is 5.92 Å². The van der Waals surface area contributed by atoms with E-state index >= 15 is 0 Å². The smallest absolute Gasteiger partial charge is 0.269 e. The Kier molecular flexibility index (Phi) is 4.27. The first-order chi connectivity index (χ1) is 14.0. The SMILES string of the molecule is O=C1[C@@H]2[C@@H](C(=O)N1c1ccc([N+](=O)[O-])cc1)N1CCCN1[C@H]2c1ccc(Br)cc1. The second kappa shape index (κ2) is 6.72. The standard InChI is InChI=1S/C20H17BrN4O4/c21-13-4-2-12(3-5-13)17-16-18(23-11-1-10-22(17)23)20(27)24(19(16)26)14-6-8-15(9-7-14)25(28)29/h2-9,16-18H,1,10-11H2/t16-,17-,18-/m0/s1. The molecule has 3 aliphatic rings. The van der Waals surface area contributed by atoms with E-state index in [9.17, 15) is 19.7 Å². The second-order valence-electron chi connectivity index (χ2n) is 7.43. The van der Waals surface area contributed by atoms with Gasteiger partial charge in [0, 0.05) is 29.7 Å². The van der Waals surface area contributed by atoms with Crippen molar-refractivity contribution in [2.75, 3.05) is 18.0 Å². The van der Waals surface area contributed by atoms with Crippen LogP contribution in [0.5, 0.6) is 0 Å². The van der Waals surface area contributed by atoms with Gasteiger partial charge in [-0.25, -0.2) is 14.9 Å². The summed E-state index contributed by atoms with van der Waals surface area (Å²) < 4.78 is 0.954. The number of halogens is 1. The Morgan fingerprint density at radius 3 is 2.14 bits per heavy atom. The van der Waals surface area contributed by atoms with Crippen molar-refractivity contribution in [1.29, 1.82) is 0 Å². The summed E-state index contributed by atoms with van der Waals surface area (Å²) in [7, 11) is 0. The molecule has 3 atom stereocenters. The van der Waals surface area contributed by atoms with Crippen LogP contribution in [0.1, 0.15) is 18.0 Å². The number of carbonyl (C=O) groups excluding carboxylic acids is 2. The number of amides is 2. The summed E-state index contributed by atoms with van der Waals surface area (Å²) in [5.41, 5.74) is 1.30. The van der Waals surface area contributed by atoms with Crippen LogP contribution in [0, 0.1) is 16.0 Å². The van der Waals surface area contributed by atoms with E-state index in [1.807, 2.05) is 29.3 Å². The van der Waals surface area contributed by atoms with Crippen LogP contribution < -0.4 is 4.90 Å². The number of nitrogens with zero attached hydrogens (tertiary/aromatic N) is 4. The normalized spacial score (nSPS) is 26.8. The Morgan fingerprint density at radius 2 is 1.52 bits per heavy atom. The molecule has 0 radical (unpaired) electrons. The molecule has 0 bridgehead atoms. The third-order valence-electron chi connectivity index (χ3n) is 5.94. The van der Waals surface area contributed by atoms with Gasteiger partial charge in [0.15, 0.2) is 0 Å². The van der Waals surface area contributed by atoms with Crippen LogP contribution in [0.25, 0.3) is 0 Å². The van der Waals surface area contributed by atoms with Gasteiger partial charge < -0.3 is 0 Å². The van der Waals surface area contributed by atoms with Crippen LogP contribution in [-0.4, -0.2) is 45.9 Å². The van der Waals surface area contributed by atoms with Crippen LogP contribution >= 0.6 is 15.9 Å². The maximum Gasteiger partial charge on any atom is 0.269 e. The minimum absolute atomic E-state index is 0.0773. The molecule has 5 rings (SSSR count).